The van der Waals surface area contributed by atoms with Crippen molar-refractivity contribution in [2.75, 3.05) is 0 Å². The van der Waals surface area contributed by atoms with Crippen molar-refractivity contribution in [1.82, 2.24) is 15.3 Å². The second-order valence-electron chi connectivity index (χ2n) is 4.38. The summed E-state index contributed by atoms with van der Waals surface area (Å²) in [5.74, 6) is 0.606. The van der Waals surface area contributed by atoms with Gasteiger partial charge in [-0.3, -0.25) is 4.79 Å². The van der Waals surface area contributed by atoms with Crippen LogP contribution < -0.4 is 5.32 Å². The molecule has 0 radical (unpaired) electrons. The van der Waals surface area contributed by atoms with Gasteiger partial charge in [0.05, 0.1) is 12.5 Å². The van der Waals surface area contributed by atoms with Gasteiger partial charge in [0.2, 0.25) is 5.91 Å². The molecule has 6 heteroatoms. The Morgan fingerprint density at radius 2 is 2.10 bits per heavy atom. The average molecular weight is 312 g/mol. The van der Waals surface area contributed by atoms with Crippen molar-refractivity contribution in [2.24, 2.45) is 0 Å². The number of hydrogen-bond acceptors (Lipinski definition) is 2. The fourth-order valence-electron chi connectivity index (χ4n) is 1.94. The third-order valence-corrected chi connectivity index (χ3v) is 3.70. The fraction of sp³-hybridized carbons (Fsp3) is 0.286. The molecular weight excluding hydrogens is 297 g/mol. The van der Waals surface area contributed by atoms with Gasteiger partial charge in [0.15, 0.2) is 0 Å². The van der Waals surface area contributed by atoms with E-state index in [0.29, 0.717) is 15.6 Å². The molecule has 0 aliphatic carbocycles. The normalized spacial score (nSPS) is 12.2. The maximum Gasteiger partial charge on any atom is 0.225 e. The van der Waals surface area contributed by atoms with Gasteiger partial charge >= 0.3 is 0 Å². The highest BCUT2D eigenvalue weighted by molar-refractivity contribution is 6.36. The SMILES string of the molecule is CCC(NC(=O)Cc1c(Cl)cccc1Cl)c1ncc[nH]1. The number of benzene rings is 1. The molecule has 2 rings (SSSR count). The molecule has 0 bridgehead atoms. The number of aromatic amines is 1. The van der Waals surface area contributed by atoms with Gasteiger partial charge in [0.1, 0.15) is 5.82 Å². The van der Waals surface area contributed by atoms with Crippen LogP contribution in [-0.4, -0.2) is 15.9 Å². The molecular formula is C14H15Cl2N3O. The van der Waals surface area contributed by atoms with E-state index >= 15 is 0 Å². The van der Waals surface area contributed by atoms with E-state index in [4.69, 9.17) is 23.2 Å². The molecule has 1 aromatic heterocycles. The van der Waals surface area contributed by atoms with Crippen LogP contribution in [0, 0.1) is 0 Å². The maximum absolute atomic E-state index is 12.1. The second-order valence-corrected chi connectivity index (χ2v) is 5.19. The lowest BCUT2D eigenvalue weighted by molar-refractivity contribution is -0.121. The molecule has 1 unspecified atom stereocenters. The number of nitrogens with one attached hydrogen (secondary N) is 2. The molecule has 4 nitrogen and oxygen atoms in total. The third-order valence-electron chi connectivity index (χ3n) is 2.99. The molecule has 106 valence electrons. The number of nitrogens with zero attached hydrogens (tertiary/aromatic N) is 1. The van der Waals surface area contributed by atoms with E-state index in [0.717, 1.165) is 12.2 Å². The minimum absolute atomic E-state index is 0.136. The summed E-state index contributed by atoms with van der Waals surface area (Å²) in [5, 5.41) is 3.92. The zero-order valence-electron chi connectivity index (χ0n) is 11.0. The number of imidazole rings is 1. The molecule has 20 heavy (non-hydrogen) atoms. The van der Waals surface area contributed by atoms with Gasteiger partial charge in [0.25, 0.3) is 0 Å². The van der Waals surface area contributed by atoms with Crippen LogP contribution in [0.4, 0.5) is 0 Å². The van der Waals surface area contributed by atoms with E-state index in [1.54, 1.807) is 30.6 Å². The topological polar surface area (TPSA) is 57.8 Å². The largest absolute Gasteiger partial charge is 0.347 e. The zero-order chi connectivity index (χ0) is 14.5. The smallest absolute Gasteiger partial charge is 0.225 e. The molecule has 1 atom stereocenters. The molecule has 1 heterocycles. The summed E-state index contributed by atoms with van der Waals surface area (Å²) in [6.07, 6.45) is 4.29. The Labute approximate surface area is 127 Å². The zero-order valence-corrected chi connectivity index (χ0v) is 12.5. The van der Waals surface area contributed by atoms with E-state index in [1.807, 2.05) is 6.92 Å². The van der Waals surface area contributed by atoms with E-state index in [1.165, 1.54) is 0 Å². The molecule has 0 fully saturated rings. The van der Waals surface area contributed by atoms with Crippen LogP contribution in [0.1, 0.15) is 30.8 Å². The van der Waals surface area contributed by atoms with Gasteiger partial charge < -0.3 is 10.3 Å². The second kappa shape index (κ2) is 6.77. The monoisotopic (exact) mass is 311 g/mol. The van der Waals surface area contributed by atoms with Gasteiger partial charge in [-0.1, -0.05) is 36.2 Å². The van der Waals surface area contributed by atoms with Crippen LogP contribution in [0.3, 0.4) is 0 Å². The highest BCUT2D eigenvalue weighted by atomic mass is 35.5. The number of halogens is 2. The van der Waals surface area contributed by atoms with Gasteiger partial charge in [-0.25, -0.2) is 4.98 Å². The van der Waals surface area contributed by atoms with Gasteiger partial charge in [-0.2, -0.15) is 0 Å². The van der Waals surface area contributed by atoms with Gasteiger partial charge in [0, 0.05) is 22.4 Å². The van der Waals surface area contributed by atoms with Crippen LogP contribution in [0.25, 0.3) is 0 Å². The standard InChI is InChI=1S/C14H15Cl2N3O/c1-2-12(14-17-6-7-18-14)19-13(20)8-9-10(15)4-3-5-11(9)16/h3-7,12H,2,8H2,1H3,(H,17,18)(H,19,20). The molecule has 2 aromatic rings. The number of carbonyl (C=O) groups excluding carboxylic acids is 1. The van der Waals surface area contributed by atoms with Crippen molar-refractivity contribution >= 4 is 29.1 Å². The predicted molar refractivity (Wildman–Crippen MR) is 79.9 cm³/mol. The van der Waals surface area contributed by atoms with Crippen LogP contribution >= 0.6 is 23.2 Å². The highest BCUT2D eigenvalue weighted by Crippen LogP contribution is 2.25. The molecule has 0 saturated heterocycles. The minimum Gasteiger partial charge on any atom is -0.347 e. The Morgan fingerprint density at radius 1 is 1.40 bits per heavy atom. The molecule has 0 aliphatic heterocycles. The number of H-pyrrole nitrogens is 1. The first-order valence-corrected chi connectivity index (χ1v) is 7.09. The lowest BCUT2D eigenvalue weighted by Crippen LogP contribution is -2.30. The summed E-state index contributed by atoms with van der Waals surface area (Å²) in [6, 6.07) is 5.06. The number of rotatable bonds is 5. The van der Waals surface area contributed by atoms with Crippen molar-refractivity contribution in [3.05, 3.63) is 52.0 Å². The summed E-state index contributed by atoms with van der Waals surface area (Å²) in [5.41, 5.74) is 0.641. The Morgan fingerprint density at radius 3 is 2.65 bits per heavy atom. The summed E-state index contributed by atoms with van der Waals surface area (Å²) in [4.78, 5) is 19.3. The van der Waals surface area contributed by atoms with Crippen molar-refractivity contribution in [1.29, 1.82) is 0 Å². The predicted octanol–water partition coefficient (Wildman–Crippen LogP) is 3.53. The van der Waals surface area contributed by atoms with E-state index in [-0.39, 0.29) is 18.4 Å². The van der Waals surface area contributed by atoms with Crippen LogP contribution in [0.5, 0.6) is 0 Å². The Bertz CT molecular complexity index is 564. The third kappa shape index (κ3) is 3.52. The van der Waals surface area contributed by atoms with Crippen LogP contribution in [0.2, 0.25) is 10.0 Å². The molecule has 1 amide bonds. The van der Waals surface area contributed by atoms with Crippen molar-refractivity contribution in [2.45, 2.75) is 25.8 Å². The van der Waals surface area contributed by atoms with E-state index in [2.05, 4.69) is 15.3 Å². The van der Waals surface area contributed by atoms with Crippen LogP contribution in [0.15, 0.2) is 30.6 Å². The minimum atomic E-state index is -0.140. The maximum atomic E-state index is 12.1. The number of carbonyl (C=O) groups is 1. The molecule has 2 N–H and O–H groups in total. The summed E-state index contributed by atoms with van der Waals surface area (Å²) >= 11 is 12.1. The average Bonchev–Trinajstić information content (AvgIpc) is 2.94. The Balaban J connectivity index is 2.05. The number of amides is 1. The van der Waals surface area contributed by atoms with Crippen molar-refractivity contribution < 1.29 is 4.79 Å². The first-order chi connectivity index (χ1) is 9.61. The Kier molecular flexibility index (Phi) is 5.04. The van der Waals surface area contributed by atoms with E-state index in [9.17, 15) is 4.79 Å². The fourth-order valence-corrected chi connectivity index (χ4v) is 2.47. The van der Waals surface area contributed by atoms with Crippen molar-refractivity contribution in [3.8, 4) is 0 Å². The van der Waals surface area contributed by atoms with Gasteiger partial charge in [-0.05, 0) is 24.1 Å². The first-order valence-electron chi connectivity index (χ1n) is 6.33. The molecule has 0 spiro atoms. The Hall–Kier alpha value is -1.52. The van der Waals surface area contributed by atoms with Crippen LogP contribution in [-0.2, 0) is 11.2 Å². The number of aromatic nitrogens is 2. The lowest BCUT2D eigenvalue weighted by atomic mass is 10.1. The highest BCUT2D eigenvalue weighted by Gasteiger charge is 2.17. The summed E-state index contributed by atoms with van der Waals surface area (Å²) < 4.78 is 0. The molecule has 1 aromatic carbocycles. The lowest BCUT2D eigenvalue weighted by Gasteiger charge is -2.15. The quantitative estimate of drug-likeness (QED) is 0.887. The molecule has 0 aliphatic rings. The van der Waals surface area contributed by atoms with E-state index < -0.39 is 0 Å². The molecule has 0 saturated carbocycles. The first kappa shape index (κ1) is 14.9. The van der Waals surface area contributed by atoms with Gasteiger partial charge in [-0.15, -0.1) is 0 Å². The number of hydrogen-bond donors (Lipinski definition) is 2. The van der Waals surface area contributed by atoms with Crippen molar-refractivity contribution in [3.63, 3.8) is 0 Å². The summed E-state index contributed by atoms with van der Waals surface area (Å²) in [6.45, 7) is 1.98. The summed E-state index contributed by atoms with van der Waals surface area (Å²) in [7, 11) is 0.